The maximum absolute atomic E-state index is 13.4. The highest BCUT2D eigenvalue weighted by molar-refractivity contribution is 5.70. The predicted molar refractivity (Wildman–Crippen MR) is 195 cm³/mol. The normalized spacial score (nSPS) is 32.9. The van der Waals surface area contributed by atoms with E-state index in [2.05, 4.69) is 60.6 Å². The number of rotatable bonds is 16. The summed E-state index contributed by atoms with van der Waals surface area (Å²) in [5, 5.41) is 0. The lowest BCUT2D eigenvalue weighted by Crippen LogP contribution is -2.37. The summed E-state index contributed by atoms with van der Waals surface area (Å²) in [7, 11) is 0. The molecule has 0 bridgehead atoms. The van der Waals surface area contributed by atoms with Gasteiger partial charge in [0.05, 0.1) is 0 Å². The summed E-state index contributed by atoms with van der Waals surface area (Å²) in [4.78, 5) is 38.8. The molecule has 8 nitrogen and oxygen atoms in total. The van der Waals surface area contributed by atoms with Crippen LogP contribution in [0.1, 0.15) is 145 Å². The van der Waals surface area contributed by atoms with Gasteiger partial charge in [-0.05, 0) is 105 Å². The third-order valence-electron chi connectivity index (χ3n) is 11.9. The van der Waals surface area contributed by atoms with Crippen LogP contribution in [-0.2, 0) is 28.5 Å². The van der Waals surface area contributed by atoms with E-state index in [0.717, 1.165) is 77.0 Å². The van der Waals surface area contributed by atoms with Crippen LogP contribution in [0.4, 0.5) is 9.59 Å². The molecule has 4 fully saturated rings. The minimum Gasteiger partial charge on any atom is -0.462 e. The zero-order chi connectivity index (χ0) is 36.2. The molecule has 0 aromatic carbocycles. The van der Waals surface area contributed by atoms with Crippen LogP contribution in [0.15, 0.2) is 24.3 Å². The van der Waals surface area contributed by atoms with Crippen LogP contribution in [0.25, 0.3) is 0 Å². The Morgan fingerprint density at radius 3 is 1.98 bits per heavy atom. The molecule has 8 heteroatoms. The Labute approximate surface area is 302 Å². The van der Waals surface area contributed by atoms with Gasteiger partial charge in [0.1, 0.15) is 30.5 Å². The topological polar surface area (TPSA) is 97.4 Å². The second-order valence-electron chi connectivity index (χ2n) is 16.8. The van der Waals surface area contributed by atoms with Crippen molar-refractivity contribution < 1.29 is 38.1 Å². The summed E-state index contributed by atoms with van der Waals surface area (Å²) >= 11 is 0. The molecule has 0 aromatic rings. The highest BCUT2D eigenvalue weighted by Crippen LogP contribution is 2.49. The van der Waals surface area contributed by atoms with E-state index in [-0.39, 0.29) is 36.1 Å². The number of hydrogen-bond donors (Lipinski definition) is 0. The summed E-state index contributed by atoms with van der Waals surface area (Å²) in [6.07, 6.45) is 18.8. The quantitative estimate of drug-likeness (QED) is 0.0679. The van der Waals surface area contributed by atoms with Crippen LogP contribution in [0.3, 0.4) is 0 Å². The van der Waals surface area contributed by atoms with Crippen molar-refractivity contribution in [1.82, 2.24) is 0 Å². The monoisotopic (exact) mass is 700 g/mol. The first-order chi connectivity index (χ1) is 23.9. The molecule has 11 atom stereocenters. The SMILES string of the molecule is CCCCC/C=C\C[C@@H](/C=C/[C@H](OC(=O)O[C@@H]1C[C@H](C)CC[C@H]1C(C)C)[C@H]1C[C@@H]1[C@H]1CCCC(=O)O1)OC(=O)O[C@@H]1C[C@H](C)CC[C@H]1C(C)C. The maximum Gasteiger partial charge on any atom is 0.509 e. The fourth-order valence-electron chi connectivity index (χ4n) is 8.64. The highest BCUT2D eigenvalue weighted by Gasteiger charge is 2.51. The van der Waals surface area contributed by atoms with Crippen molar-refractivity contribution in [2.75, 3.05) is 0 Å². The maximum atomic E-state index is 13.4. The van der Waals surface area contributed by atoms with Gasteiger partial charge in [0.15, 0.2) is 0 Å². The molecule has 0 N–H and O–H groups in total. The van der Waals surface area contributed by atoms with Crippen LogP contribution < -0.4 is 0 Å². The lowest BCUT2D eigenvalue weighted by molar-refractivity contribution is -0.155. The standard InChI is InChI=1S/C42H68O8/c1-8-9-10-11-12-13-15-31(46-41(44)49-38-24-29(6)18-21-32(38)27(2)3)20-23-37(35-26-34(35)36-16-14-17-40(43)47-36)48-42(45)50-39-25-30(7)19-22-33(39)28(4)5/h12-13,20,23,27-39H,8-11,14-19,21-22,24-26H2,1-7H3/b13-12-,23-20+/t29-,30-,31+,32+,33+,34+,35+,36-,37+,38-,39-/m1/s1. The number of esters is 1. The van der Waals surface area contributed by atoms with Gasteiger partial charge in [-0.2, -0.15) is 0 Å². The number of carbonyl (C=O) groups excluding carboxylic acids is 3. The molecule has 50 heavy (non-hydrogen) atoms. The van der Waals surface area contributed by atoms with Gasteiger partial charge < -0.3 is 23.7 Å². The first-order valence-corrected chi connectivity index (χ1v) is 20.2. The largest absolute Gasteiger partial charge is 0.509 e. The van der Waals surface area contributed by atoms with E-state index in [0.29, 0.717) is 48.3 Å². The molecule has 1 heterocycles. The van der Waals surface area contributed by atoms with E-state index in [1.54, 1.807) is 0 Å². The molecule has 0 amide bonds. The van der Waals surface area contributed by atoms with E-state index >= 15 is 0 Å². The number of cyclic esters (lactones) is 1. The van der Waals surface area contributed by atoms with Gasteiger partial charge in [-0.1, -0.05) is 86.3 Å². The van der Waals surface area contributed by atoms with E-state index in [9.17, 15) is 14.4 Å². The molecule has 284 valence electrons. The lowest BCUT2D eigenvalue weighted by atomic mass is 9.75. The minimum absolute atomic E-state index is 0.00594. The molecule has 3 aliphatic carbocycles. The summed E-state index contributed by atoms with van der Waals surface area (Å²) in [6.45, 7) is 15.4. The van der Waals surface area contributed by atoms with Crippen molar-refractivity contribution in [1.29, 1.82) is 0 Å². The molecular formula is C42H68O8. The Bertz CT molecular complexity index is 1130. The Hall–Kier alpha value is -2.51. The zero-order valence-corrected chi connectivity index (χ0v) is 32.2. The second-order valence-corrected chi connectivity index (χ2v) is 16.8. The molecular weight excluding hydrogens is 632 g/mol. The highest BCUT2D eigenvalue weighted by atomic mass is 16.7. The van der Waals surface area contributed by atoms with Gasteiger partial charge in [0, 0.05) is 24.7 Å². The van der Waals surface area contributed by atoms with Crippen LogP contribution in [0.2, 0.25) is 0 Å². The minimum atomic E-state index is -0.658. The number of hydrogen-bond acceptors (Lipinski definition) is 8. The van der Waals surface area contributed by atoms with Gasteiger partial charge in [-0.15, -0.1) is 0 Å². The van der Waals surface area contributed by atoms with Crippen molar-refractivity contribution in [2.45, 2.75) is 175 Å². The number of ether oxygens (including phenoxy) is 5. The van der Waals surface area contributed by atoms with Crippen LogP contribution >= 0.6 is 0 Å². The average Bonchev–Trinajstić information content (AvgIpc) is 3.85. The first-order valence-electron chi connectivity index (χ1n) is 20.2. The average molecular weight is 701 g/mol. The molecule has 3 saturated carbocycles. The summed E-state index contributed by atoms with van der Waals surface area (Å²) < 4.78 is 29.9. The predicted octanol–water partition coefficient (Wildman–Crippen LogP) is 10.8. The van der Waals surface area contributed by atoms with Crippen LogP contribution in [0.5, 0.6) is 0 Å². The molecule has 0 spiro atoms. The van der Waals surface area contributed by atoms with E-state index in [1.165, 1.54) is 6.42 Å². The number of unbranched alkanes of at least 4 members (excludes halogenated alkanes) is 3. The molecule has 4 rings (SSSR count). The molecule has 0 unspecified atom stereocenters. The molecule has 4 aliphatic rings. The third kappa shape index (κ3) is 12.6. The van der Waals surface area contributed by atoms with Gasteiger partial charge in [-0.25, -0.2) is 9.59 Å². The molecule has 0 radical (unpaired) electrons. The second kappa shape index (κ2) is 19.9. The van der Waals surface area contributed by atoms with Crippen molar-refractivity contribution in [2.24, 2.45) is 47.3 Å². The van der Waals surface area contributed by atoms with Crippen molar-refractivity contribution in [3.05, 3.63) is 24.3 Å². The summed E-state index contributed by atoms with van der Waals surface area (Å²) in [5.41, 5.74) is 0. The molecule has 1 aliphatic heterocycles. The number of allylic oxidation sites excluding steroid dienone is 1. The molecule has 0 aromatic heterocycles. The fraction of sp³-hybridized carbons (Fsp3) is 0.833. The summed E-state index contributed by atoms with van der Waals surface area (Å²) in [5.74, 6) is 2.40. The van der Waals surface area contributed by atoms with Gasteiger partial charge in [0.2, 0.25) is 0 Å². The third-order valence-corrected chi connectivity index (χ3v) is 11.9. The van der Waals surface area contributed by atoms with Gasteiger partial charge in [-0.3, -0.25) is 4.79 Å². The van der Waals surface area contributed by atoms with E-state index in [1.807, 2.05) is 12.2 Å². The summed E-state index contributed by atoms with van der Waals surface area (Å²) in [6, 6.07) is 0. The lowest BCUT2D eigenvalue weighted by Gasteiger charge is -2.36. The first kappa shape index (κ1) is 40.3. The number of carbonyl (C=O) groups is 3. The smallest absolute Gasteiger partial charge is 0.462 e. The Morgan fingerprint density at radius 2 is 1.40 bits per heavy atom. The van der Waals surface area contributed by atoms with Crippen LogP contribution in [-0.4, -0.2) is 48.8 Å². The van der Waals surface area contributed by atoms with E-state index < -0.39 is 24.5 Å². The van der Waals surface area contributed by atoms with Gasteiger partial charge in [0.25, 0.3) is 0 Å². The zero-order valence-electron chi connectivity index (χ0n) is 32.2. The van der Waals surface area contributed by atoms with Crippen molar-refractivity contribution >= 4 is 18.3 Å². The van der Waals surface area contributed by atoms with Crippen LogP contribution in [0, 0.1) is 47.3 Å². The fourth-order valence-corrected chi connectivity index (χ4v) is 8.64. The Kier molecular flexibility index (Phi) is 16.0. The van der Waals surface area contributed by atoms with E-state index in [4.69, 9.17) is 23.7 Å². The van der Waals surface area contributed by atoms with Crippen molar-refractivity contribution in [3.63, 3.8) is 0 Å². The molecule has 1 saturated heterocycles. The van der Waals surface area contributed by atoms with Gasteiger partial charge >= 0.3 is 18.3 Å². The van der Waals surface area contributed by atoms with Crippen molar-refractivity contribution in [3.8, 4) is 0 Å². The Balaban J connectivity index is 1.48. The Morgan fingerprint density at radius 1 is 0.780 bits per heavy atom.